The summed E-state index contributed by atoms with van der Waals surface area (Å²) in [5, 5.41) is 0. The SMILES string of the molecule is C=C(C)C(=O)OC#CC[Si](C)(CC#COC(=O)C(=C)C)O[Si](C)(C)O[Si](C)(C)O[Si](C)(C)C. The maximum Gasteiger partial charge on any atom is 0.347 e. The fraction of sp³-hybridized carbons (Fsp3) is 0.545. The molecule has 0 unspecified atom stereocenters. The van der Waals surface area contributed by atoms with E-state index in [0.717, 1.165) is 0 Å². The van der Waals surface area contributed by atoms with Crippen molar-refractivity contribution in [3.8, 4) is 24.1 Å². The van der Waals surface area contributed by atoms with Crippen molar-refractivity contribution in [3.05, 3.63) is 24.3 Å². The average Bonchev–Trinajstić information content (AvgIpc) is 2.58. The minimum Gasteiger partial charge on any atom is -0.437 e. The fourth-order valence-corrected chi connectivity index (χ4v) is 20.9. The molecule has 0 aromatic carbocycles. The van der Waals surface area contributed by atoms with Crippen molar-refractivity contribution in [1.29, 1.82) is 0 Å². The molecule has 0 atom stereocenters. The van der Waals surface area contributed by atoms with Crippen LogP contribution in [-0.2, 0) is 31.4 Å². The highest BCUT2D eigenvalue weighted by molar-refractivity contribution is 6.89. The standard InChI is InChI=1S/C22H38O7Si4/c1-19(2)21(23)25-15-13-17-33(12,18-14-16-26-22(24)20(3)4)29-32(10,11)28-31(8,9)27-30(5,6)7/h1,3,17-18H2,2,4-12H3. The van der Waals surface area contributed by atoms with E-state index >= 15 is 0 Å². The second-order valence-corrected chi connectivity index (χ2v) is 25.8. The molecule has 0 rings (SSSR count). The lowest BCUT2D eigenvalue weighted by molar-refractivity contribution is -0.133. The maximum absolute atomic E-state index is 11.6. The molecule has 184 valence electrons. The minimum absolute atomic E-state index is 0.266. The molecule has 11 heteroatoms. The lowest BCUT2D eigenvalue weighted by Crippen LogP contribution is -2.56. The molecule has 0 heterocycles. The van der Waals surface area contributed by atoms with E-state index in [4.69, 9.17) is 21.8 Å². The first-order valence-corrected chi connectivity index (χ1v) is 22.4. The number of hydrogen-bond acceptors (Lipinski definition) is 7. The van der Waals surface area contributed by atoms with Gasteiger partial charge in [0.25, 0.3) is 0 Å². The van der Waals surface area contributed by atoms with E-state index in [2.05, 4.69) is 56.9 Å². The van der Waals surface area contributed by atoms with Gasteiger partial charge in [-0.05, 0) is 66.2 Å². The average molecular weight is 527 g/mol. The van der Waals surface area contributed by atoms with E-state index in [1.54, 1.807) is 13.8 Å². The second-order valence-electron chi connectivity index (χ2n) is 9.92. The zero-order valence-corrected chi connectivity index (χ0v) is 25.7. The number of carbonyl (C=O) groups excluding carboxylic acids is 2. The summed E-state index contributed by atoms with van der Waals surface area (Å²) in [6, 6.07) is 0.687. The molecule has 0 aromatic heterocycles. The summed E-state index contributed by atoms with van der Waals surface area (Å²) < 4.78 is 29.1. The smallest absolute Gasteiger partial charge is 0.347 e. The van der Waals surface area contributed by atoms with Crippen LogP contribution < -0.4 is 0 Å². The number of carbonyl (C=O) groups is 2. The Hall–Kier alpha value is -1.71. The third kappa shape index (κ3) is 14.9. The number of esters is 2. The Labute approximate surface area is 203 Å². The molecule has 0 aromatic rings. The summed E-state index contributed by atoms with van der Waals surface area (Å²) in [7, 11) is -9.43. The van der Waals surface area contributed by atoms with Gasteiger partial charge in [0, 0.05) is 23.2 Å². The summed E-state index contributed by atoms with van der Waals surface area (Å²) in [4.78, 5) is 23.1. The van der Waals surface area contributed by atoms with Gasteiger partial charge >= 0.3 is 29.1 Å². The molecule has 0 radical (unpaired) electrons. The quantitative estimate of drug-likeness (QED) is 0.171. The Bertz CT molecular complexity index is 832. The molecule has 0 fully saturated rings. The molecule has 0 aliphatic heterocycles. The largest absolute Gasteiger partial charge is 0.437 e. The van der Waals surface area contributed by atoms with Crippen LogP contribution in [0.1, 0.15) is 13.8 Å². The van der Waals surface area contributed by atoms with Gasteiger partial charge in [-0.3, -0.25) is 0 Å². The van der Waals surface area contributed by atoms with Crippen LogP contribution in [0, 0.1) is 24.1 Å². The Morgan fingerprint density at radius 2 is 1.03 bits per heavy atom. The van der Waals surface area contributed by atoms with Crippen molar-refractivity contribution in [3.63, 3.8) is 0 Å². The van der Waals surface area contributed by atoms with E-state index in [1.807, 2.05) is 32.7 Å². The van der Waals surface area contributed by atoms with Crippen LogP contribution in [0.25, 0.3) is 0 Å². The first-order chi connectivity index (χ1) is 14.8. The lowest BCUT2D eigenvalue weighted by Gasteiger charge is -2.40. The van der Waals surface area contributed by atoms with Crippen LogP contribution in [0.5, 0.6) is 0 Å². The number of ether oxygens (including phenoxy) is 2. The van der Waals surface area contributed by atoms with Crippen LogP contribution in [-0.4, -0.2) is 45.7 Å². The fourth-order valence-electron chi connectivity index (χ4n) is 2.88. The molecular formula is C22H38O7Si4. The highest BCUT2D eigenvalue weighted by Gasteiger charge is 2.43. The Morgan fingerprint density at radius 3 is 1.36 bits per heavy atom. The van der Waals surface area contributed by atoms with Crippen molar-refractivity contribution < 1.29 is 31.4 Å². The van der Waals surface area contributed by atoms with E-state index in [0.29, 0.717) is 12.1 Å². The van der Waals surface area contributed by atoms with E-state index in [1.165, 1.54) is 0 Å². The predicted octanol–water partition coefficient (Wildman–Crippen LogP) is 5.01. The third-order valence-electron chi connectivity index (χ3n) is 3.59. The molecule has 0 saturated heterocycles. The van der Waals surface area contributed by atoms with Crippen LogP contribution in [0.3, 0.4) is 0 Å². The molecular weight excluding hydrogens is 489 g/mol. The van der Waals surface area contributed by atoms with Crippen LogP contribution in [0.15, 0.2) is 24.3 Å². The van der Waals surface area contributed by atoms with Crippen molar-refractivity contribution in [2.45, 2.75) is 78.3 Å². The van der Waals surface area contributed by atoms with Gasteiger partial charge in [-0.25, -0.2) is 9.59 Å². The molecule has 0 aliphatic rings. The van der Waals surface area contributed by atoms with E-state index in [9.17, 15) is 9.59 Å². The Balaban J connectivity index is 5.58. The van der Waals surface area contributed by atoms with Crippen molar-refractivity contribution >= 4 is 45.7 Å². The van der Waals surface area contributed by atoms with Gasteiger partial charge in [0.1, 0.15) is 12.2 Å². The molecule has 0 amide bonds. The molecule has 0 spiro atoms. The van der Waals surface area contributed by atoms with Gasteiger partial charge in [0.2, 0.25) is 8.32 Å². The molecule has 0 bridgehead atoms. The van der Waals surface area contributed by atoms with Gasteiger partial charge in [-0.15, -0.1) is 0 Å². The molecule has 0 N–H and O–H groups in total. The van der Waals surface area contributed by atoms with Crippen molar-refractivity contribution in [2.24, 2.45) is 0 Å². The maximum atomic E-state index is 11.6. The summed E-state index contributed by atoms with van der Waals surface area (Å²) in [5.74, 6) is 4.59. The molecule has 33 heavy (non-hydrogen) atoms. The number of rotatable bonds is 10. The van der Waals surface area contributed by atoms with E-state index in [-0.39, 0.29) is 11.1 Å². The lowest BCUT2D eigenvalue weighted by atomic mass is 10.4. The second kappa shape index (κ2) is 12.7. The summed E-state index contributed by atoms with van der Waals surface area (Å²) >= 11 is 0. The third-order valence-corrected chi connectivity index (χ3v) is 17.7. The first kappa shape index (κ1) is 31.3. The molecule has 0 saturated carbocycles. The minimum atomic E-state index is -2.63. The van der Waals surface area contributed by atoms with E-state index < -0.39 is 45.7 Å². The number of hydrogen-bond donors (Lipinski definition) is 0. The van der Waals surface area contributed by atoms with Gasteiger partial charge in [-0.1, -0.05) is 25.0 Å². The zero-order chi connectivity index (χ0) is 26.1. The summed E-state index contributed by atoms with van der Waals surface area (Å²) in [5.41, 5.74) is 0.532. The topological polar surface area (TPSA) is 80.3 Å². The molecule has 7 nitrogen and oxygen atoms in total. The Morgan fingerprint density at radius 1 is 0.667 bits per heavy atom. The summed E-state index contributed by atoms with van der Waals surface area (Å²) in [6.45, 7) is 26.5. The highest BCUT2D eigenvalue weighted by Crippen LogP contribution is 2.27. The Kier molecular flexibility index (Phi) is 12.0. The first-order valence-electron chi connectivity index (χ1n) is 10.6. The monoisotopic (exact) mass is 526 g/mol. The van der Waals surface area contributed by atoms with Crippen molar-refractivity contribution in [2.75, 3.05) is 0 Å². The van der Waals surface area contributed by atoms with Crippen LogP contribution >= 0.6 is 0 Å². The predicted molar refractivity (Wildman–Crippen MR) is 140 cm³/mol. The normalized spacial score (nSPS) is 11.9. The van der Waals surface area contributed by atoms with Gasteiger partial charge in [0.05, 0.1) is 0 Å². The molecule has 0 aliphatic carbocycles. The van der Waals surface area contributed by atoms with Gasteiger partial charge in [0.15, 0.2) is 8.32 Å². The summed E-state index contributed by atoms with van der Waals surface area (Å²) in [6.07, 6.45) is 4.85. The van der Waals surface area contributed by atoms with Crippen LogP contribution in [0.4, 0.5) is 0 Å². The van der Waals surface area contributed by atoms with Crippen LogP contribution in [0.2, 0.25) is 64.5 Å². The van der Waals surface area contributed by atoms with Gasteiger partial charge < -0.3 is 21.8 Å². The van der Waals surface area contributed by atoms with Gasteiger partial charge in [-0.2, -0.15) is 0 Å². The highest BCUT2D eigenvalue weighted by atomic mass is 28.5. The zero-order valence-electron chi connectivity index (χ0n) is 21.7. The van der Waals surface area contributed by atoms with Crippen molar-refractivity contribution in [1.82, 2.24) is 0 Å².